The molecule has 2 rings (SSSR count). The summed E-state index contributed by atoms with van der Waals surface area (Å²) in [7, 11) is 0. The molecule has 0 saturated heterocycles. The van der Waals surface area contributed by atoms with Crippen LogP contribution in [0, 0.1) is 11.3 Å². The van der Waals surface area contributed by atoms with E-state index in [2.05, 4.69) is 6.07 Å². The van der Waals surface area contributed by atoms with E-state index in [0.717, 1.165) is 11.1 Å². The Kier molecular flexibility index (Phi) is 5.81. The van der Waals surface area contributed by atoms with Crippen molar-refractivity contribution in [1.82, 2.24) is 0 Å². The third-order valence-electron chi connectivity index (χ3n) is 3.24. The molecule has 0 unspecified atom stereocenters. The zero-order valence-electron chi connectivity index (χ0n) is 12.7. The highest BCUT2D eigenvalue weighted by atomic mass is 16.5. The van der Waals surface area contributed by atoms with Crippen molar-refractivity contribution in [3.63, 3.8) is 0 Å². The molecule has 0 aliphatic rings. The first kappa shape index (κ1) is 15.9. The quantitative estimate of drug-likeness (QED) is 0.848. The molecule has 0 spiro atoms. The van der Waals surface area contributed by atoms with E-state index in [9.17, 15) is 0 Å². The van der Waals surface area contributed by atoms with Crippen molar-refractivity contribution in [3.05, 3.63) is 59.7 Å². The highest BCUT2D eigenvalue weighted by Crippen LogP contribution is 2.31. The van der Waals surface area contributed by atoms with E-state index in [-0.39, 0.29) is 12.5 Å². The predicted octanol–water partition coefficient (Wildman–Crippen LogP) is 3.58. The number of ether oxygens (including phenoxy) is 2. The van der Waals surface area contributed by atoms with Gasteiger partial charge in [0.2, 0.25) is 0 Å². The van der Waals surface area contributed by atoms with Crippen molar-refractivity contribution in [2.45, 2.75) is 26.0 Å². The molecule has 0 radical (unpaired) electrons. The van der Waals surface area contributed by atoms with E-state index >= 15 is 0 Å². The van der Waals surface area contributed by atoms with Gasteiger partial charge in [-0.15, -0.1) is 0 Å². The van der Waals surface area contributed by atoms with Crippen LogP contribution in [0.2, 0.25) is 0 Å². The van der Waals surface area contributed by atoms with Crippen LogP contribution in [0.25, 0.3) is 0 Å². The topological polar surface area (TPSA) is 68.3 Å². The smallest absolute Gasteiger partial charge is 0.161 e. The molecule has 2 N–H and O–H groups in total. The average Bonchev–Trinajstić information content (AvgIpc) is 2.55. The number of hydrogen-bond acceptors (Lipinski definition) is 4. The van der Waals surface area contributed by atoms with Crippen LogP contribution in [0.5, 0.6) is 11.5 Å². The van der Waals surface area contributed by atoms with Crippen molar-refractivity contribution in [2.24, 2.45) is 5.73 Å². The van der Waals surface area contributed by atoms with E-state index in [1.54, 1.807) is 0 Å². The van der Waals surface area contributed by atoms with Crippen LogP contribution in [-0.2, 0) is 6.61 Å². The number of nitrogens with zero attached hydrogens (tertiary/aromatic N) is 1. The summed E-state index contributed by atoms with van der Waals surface area (Å²) < 4.78 is 11.5. The molecule has 2 aromatic carbocycles. The number of rotatable bonds is 7. The van der Waals surface area contributed by atoms with Gasteiger partial charge in [-0.1, -0.05) is 36.4 Å². The van der Waals surface area contributed by atoms with Gasteiger partial charge in [0, 0.05) is 6.04 Å². The highest BCUT2D eigenvalue weighted by molar-refractivity contribution is 5.44. The van der Waals surface area contributed by atoms with Crippen LogP contribution in [0.4, 0.5) is 0 Å². The molecular formula is C18H20N2O2. The van der Waals surface area contributed by atoms with Crippen molar-refractivity contribution in [1.29, 1.82) is 5.26 Å². The Hall–Kier alpha value is -2.51. The highest BCUT2D eigenvalue weighted by Gasteiger charge is 2.11. The minimum atomic E-state index is -0.313. The van der Waals surface area contributed by atoms with Gasteiger partial charge in [-0.25, -0.2) is 0 Å². The van der Waals surface area contributed by atoms with E-state index in [1.807, 2.05) is 55.5 Å². The lowest BCUT2D eigenvalue weighted by Gasteiger charge is -2.15. The molecule has 0 bridgehead atoms. The van der Waals surface area contributed by atoms with Crippen LogP contribution in [-0.4, -0.2) is 6.61 Å². The molecule has 0 saturated carbocycles. The van der Waals surface area contributed by atoms with Crippen LogP contribution in [0.1, 0.15) is 30.5 Å². The fraction of sp³-hybridized carbons (Fsp3) is 0.278. The van der Waals surface area contributed by atoms with Gasteiger partial charge in [0.25, 0.3) is 0 Å². The maximum Gasteiger partial charge on any atom is 0.161 e. The fourth-order valence-electron chi connectivity index (χ4n) is 2.09. The Bertz CT molecular complexity index is 635. The van der Waals surface area contributed by atoms with E-state index < -0.39 is 0 Å². The van der Waals surface area contributed by atoms with Gasteiger partial charge < -0.3 is 15.2 Å². The van der Waals surface area contributed by atoms with Crippen LogP contribution in [0.15, 0.2) is 48.5 Å². The van der Waals surface area contributed by atoms with Gasteiger partial charge >= 0.3 is 0 Å². The summed E-state index contributed by atoms with van der Waals surface area (Å²) in [6, 6.07) is 17.3. The fourth-order valence-corrected chi connectivity index (χ4v) is 2.09. The molecule has 0 fully saturated rings. The summed E-state index contributed by atoms with van der Waals surface area (Å²) in [5.41, 5.74) is 7.93. The maximum atomic E-state index is 8.75. The molecule has 0 heterocycles. The molecule has 4 heteroatoms. The van der Waals surface area contributed by atoms with Crippen LogP contribution >= 0.6 is 0 Å². The van der Waals surface area contributed by atoms with E-state index in [0.29, 0.717) is 24.7 Å². The average molecular weight is 296 g/mol. The molecule has 2 aromatic rings. The number of nitriles is 1. The summed E-state index contributed by atoms with van der Waals surface area (Å²) in [5.74, 6) is 1.34. The molecule has 4 nitrogen and oxygen atoms in total. The first-order chi connectivity index (χ1) is 10.7. The van der Waals surface area contributed by atoms with Gasteiger partial charge in [-0.05, 0) is 30.2 Å². The Morgan fingerprint density at radius 1 is 1.09 bits per heavy atom. The van der Waals surface area contributed by atoms with Gasteiger partial charge in [0.1, 0.15) is 6.61 Å². The van der Waals surface area contributed by atoms with Gasteiger partial charge in [-0.2, -0.15) is 5.26 Å². The molecular weight excluding hydrogens is 276 g/mol. The zero-order chi connectivity index (χ0) is 15.8. The molecule has 1 atom stereocenters. The third-order valence-corrected chi connectivity index (χ3v) is 3.24. The largest absolute Gasteiger partial charge is 0.490 e. The van der Waals surface area contributed by atoms with Crippen LogP contribution in [0.3, 0.4) is 0 Å². The molecule has 0 aliphatic carbocycles. The maximum absolute atomic E-state index is 8.75. The van der Waals surface area contributed by atoms with Crippen molar-refractivity contribution in [3.8, 4) is 17.6 Å². The first-order valence-electron chi connectivity index (χ1n) is 7.30. The summed E-state index contributed by atoms with van der Waals surface area (Å²) in [6.07, 6.45) is 0.274. The molecule has 114 valence electrons. The SMILES string of the molecule is CCOc1cc([C@H](N)CC#N)ccc1OCc1ccccc1. The Morgan fingerprint density at radius 3 is 2.55 bits per heavy atom. The zero-order valence-corrected chi connectivity index (χ0v) is 12.7. The summed E-state index contributed by atoms with van der Waals surface area (Å²) in [5, 5.41) is 8.75. The van der Waals surface area contributed by atoms with Crippen molar-refractivity contribution >= 4 is 0 Å². The number of benzene rings is 2. The van der Waals surface area contributed by atoms with E-state index in [1.165, 1.54) is 0 Å². The second-order valence-electron chi connectivity index (χ2n) is 4.88. The second kappa shape index (κ2) is 8.06. The summed E-state index contributed by atoms with van der Waals surface area (Å²) >= 11 is 0. The Balaban J connectivity index is 2.14. The summed E-state index contributed by atoms with van der Waals surface area (Å²) in [6.45, 7) is 2.94. The molecule has 0 amide bonds. The normalized spacial score (nSPS) is 11.5. The van der Waals surface area contributed by atoms with Crippen molar-refractivity contribution in [2.75, 3.05) is 6.61 Å². The molecule has 0 aliphatic heterocycles. The second-order valence-corrected chi connectivity index (χ2v) is 4.88. The predicted molar refractivity (Wildman–Crippen MR) is 85.5 cm³/mol. The lowest BCUT2D eigenvalue weighted by molar-refractivity contribution is 0.269. The van der Waals surface area contributed by atoms with Crippen LogP contribution < -0.4 is 15.2 Å². The van der Waals surface area contributed by atoms with Gasteiger partial charge in [0.15, 0.2) is 11.5 Å². The Morgan fingerprint density at radius 2 is 1.86 bits per heavy atom. The first-order valence-corrected chi connectivity index (χ1v) is 7.30. The lowest BCUT2D eigenvalue weighted by Crippen LogP contribution is -2.10. The molecule has 22 heavy (non-hydrogen) atoms. The number of nitrogens with two attached hydrogens (primary N) is 1. The lowest BCUT2D eigenvalue weighted by atomic mass is 10.0. The standard InChI is InChI=1S/C18H20N2O2/c1-2-21-18-12-15(16(20)10-11-19)8-9-17(18)22-13-14-6-4-3-5-7-14/h3-9,12,16H,2,10,13,20H2,1H3/t16-/m1/s1. The monoisotopic (exact) mass is 296 g/mol. The Labute approximate surface area is 131 Å². The van der Waals surface area contributed by atoms with Gasteiger partial charge in [0.05, 0.1) is 19.1 Å². The van der Waals surface area contributed by atoms with Gasteiger partial charge in [-0.3, -0.25) is 0 Å². The minimum Gasteiger partial charge on any atom is -0.490 e. The third kappa shape index (κ3) is 4.24. The number of hydrogen-bond donors (Lipinski definition) is 1. The summed E-state index contributed by atoms with van der Waals surface area (Å²) in [4.78, 5) is 0. The molecule has 0 aromatic heterocycles. The minimum absolute atomic E-state index is 0.274. The van der Waals surface area contributed by atoms with Crippen molar-refractivity contribution < 1.29 is 9.47 Å². The van der Waals surface area contributed by atoms with E-state index in [4.69, 9.17) is 20.5 Å².